The first-order valence-electron chi connectivity index (χ1n) is 3.36. The molecule has 1 aromatic heterocycles. The van der Waals surface area contributed by atoms with Crippen molar-refractivity contribution in [1.82, 2.24) is 4.98 Å². The van der Waals surface area contributed by atoms with Crippen molar-refractivity contribution < 1.29 is 9.53 Å². The standard InChI is InChI=1S/C7H7BrN2O3/c1-13-7(12)10-4-3-9-6(8)2-5(4)11/h2-3H,1H3,(H,9,11)(H,10,12). The van der Waals surface area contributed by atoms with Gasteiger partial charge < -0.3 is 9.72 Å². The SMILES string of the molecule is COC(=O)Nc1c[nH]c(Br)cc1=O. The predicted octanol–water partition coefficient (Wildman–Crippen LogP) is 1.32. The van der Waals surface area contributed by atoms with Crippen LogP contribution in [0.1, 0.15) is 0 Å². The Hall–Kier alpha value is -1.30. The number of methoxy groups -OCH3 is 1. The maximum absolute atomic E-state index is 11.2. The zero-order valence-electron chi connectivity index (χ0n) is 6.76. The molecule has 0 aliphatic carbocycles. The van der Waals surface area contributed by atoms with Crippen molar-refractivity contribution in [3.63, 3.8) is 0 Å². The number of hydrogen-bond acceptors (Lipinski definition) is 3. The summed E-state index contributed by atoms with van der Waals surface area (Å²) in [5.74, 6) is 0. The van der Waals surface area contributed by atoms with E-state index in [1.165, 1.54) is 19.4 Å². The molecule has 70 valence electrons. The van der Waals surface area contributed by atoms with Gasteiger partial charge in [-0.3, -0.25) is 10.1 Å². The van der Waals surface area contributed by atoms with E-state index in [0.29, 0.717) is 4.60 Å². The van der Waals surface area contributed by atoms with Crippen molar-refractivity contribution in [3.05, 3.63) is 27.1 Å². The second-order valence-corrected chi connectivity index (χ2v) is 3.03. The number of nitrogens with one attached hydrogen (secondary N) is 2. The Kier molecular flexibility index (Phi) is 3.07. The van der Waals surface area contributed by atoms with E-state index in [1.54, 1.807) is 0 Å². The summed E-state index contributed by atoms with van der Waals surface area (Å²) in [5, 5.41) is 2.26. The van der Waals surface area contributed by atoms with Gasteiger partial charge in [-0.25, -0.2) is 4.79 Å². The number of anilines is 1. The van der Waals surface area contributed by atoms with Crippen molar-refractivity contribution in [3.8, 4) is 0 Å². The van der Waals surface area contributed by atoms with Crippen LogP contribution >= 0.6 is 15.9 Å². The number of rotatable bonds is 1. The summed E-state index contributed by atoms with van der Waals surface area (Å²) in [6.07, 6.45) is 0.705. The Bertz CT molecular complexity index is 374. The molecule has 1 aromatic rings. The molecule has 0 atom stereocenters. The van der Waals surface area contributed by atoms with Gasteiger partial charge in [-0.1, -0.05) is 0 Å². The average Bonchev–Trinajstić information content (AvgIpc) is 2.09. The highest BCUT2D eigenvalue weighted by Gasteiger charge is 2.04. The highest BCUT2D eigenvalue weighted by atomic mass is 79.9. The molecule has 13 heavy (non-hydrogen) atoms. The van der Waals surface area contributed by atoms with Gasteiger partial charge in [-0.2, -0.15) is 0 Å². The summed E-state index contributed by atoms with van der Waals surface area (Å²) in [7, 11) is 1.22. The molecule has 0 fully saturated rings. The van der Waals surface area contributed by atoms with E-state index in [0.717, 1.165) is 0 Å². The first-order valence-corrected chi connectivity index (χ1v) is 4.16. The molecule has 0 saturated heterocycles. The lowest BCUT2D eigenvalue weighted by atomic mass is 10.4. The molecule has 2 N–H and O–H groups in total. The molecule has 0 radical (unpaired) electrons. The molecular weight excluding hydrogens is 240 g/mol. The lowest BCUT2D eigenvalue weighted by molar-refractivity contribution is 0.187. The summed E-state index contributed by atoms with van der Waals surface area (Å²) in [4.78, 5) is 24.6. The molecule has 5 nitrogen and oxygen atoms in total. The molecule has 0 unspecified atom stereocenters. The van der Waals surface area contributed by atoms with Crippen molar-refractivity contribution in [2.75, 3.05) is 12.4 Å². The Morgan fingerprint density at radius 2 is 2.38 bits per heavy atom. The summed E-state index contributed by atoms with van der Waals surface area (Å²) in [6, 6.07) is 1.31. The number of ether oxygens (including phenoxy) is 1. The van der Waals surface area contributed by atoms with E-state index in [2.05, 4.69) is 31.0 Å². The molecule has 6 heteroatoms. The fourth-order valence-corrected chi connectivity index (χ4v) is 1.03. The van der Waals surface area contributed by atoms with Crippen LogP contribution in [-0.4, -0.2) is 18.2 Å². The number of aromatic nitrogens is 1. The van der Waals surface area contributed by atoms with Gasteiger partial charge in [0.05, 0.1) is 11.7 Å². The zero-order chi connectivity index (χ0) is 9.84. The molecule has 0 aromatic carbocycles. The lowest BCUT2D eigenvalue weighted by Crippen LogP contribution is -2.17. The van der Waals surface area contributed by atoms with Crippen LogP contribution in [-0.2, 0) is 4.74 Å². The fourth-order valence-electron chi connectivity index (χ4n) is 0.705. The number of halogens is 1. The smallest absolute Gasteiger partial charge is 0.411 e. The van der Waals surface area contributed by atoms with Gasteiger partial charge in [-0.15, -0.1) is 0 Å². The Morgan fingerprint density at radius 3 is 2.92 bits per heavy atom. The largest absolute Gasteiger partial charge is 0.453 e. The number of carbonyl (C=O) groups is 1. The lowest BCUT2D eigenvalue weighted by Gasteiger charge is -2.01. The van der Waals surface area contributed by atoms with E-state index in [1.807, 2.05) is 0 Å². The molecule has 0 bridgehead atoms. The molecule has 0 aliphatic heterocycles. The number of H-pyrrole nitrogens is 1. The van der Waals surface area contributed by atoms with Gasteiger partial charge in [-0.05, 0) is 15.9 Å². The monoisotopic (exact) mass is 246 g/mol. The predicted molar refractivity (Wildman–Crippen MR) is 50.8 cm³/mol. The number of carbonyl (C=O) groups excluding carboxylic acids is 1. The molecule has 1 amide bonds. The second kappa shape index (κ2) is 4.08. The van der Waals surface area contributed by atoms with Crippen molar-refractivity contribution in [2.45, 2.75) is 0 Å². The van der Waals surface area contributed by atoms with Crippen LogP contribution in [0.3, 0.4) is 0 Å². The highest BCUT2D eigenvalue weighted by molar-refractivity contribution is 9.10. The maximum atomic E-state index is 11.2. The van der Waals surface area contributed by atoms with Gasteiger partial charge in [0, 0.05) is 12.3 Å². The van der Waals surface area contributed by atoms with E-state index >= 15 is 0 Å². The summed E-state index contributed by atoms with van der Waals surface area (Å²) >= 11 is 3.08. The third-order valence-corrected chi connectivity index (χ3v) is 1.76. The van der Waals surface area contributed by atoms with E-state index in [9.17, 15) is 9.59 Å². The van der Waals surface area contributed by atoms with Gasteiger partial charge in [0.15, 0.2) is 0 Å². The Labute approximate surface area is 82.2 Å². The minimum atomic E-state index is -0.673. The minimum Gasteiger partial charge on any atom is -0.453 e. The molecular formula is C7H7BrN2O3. The third-order valence-electron chi connectivity index (χ3n) is 1.30. The zero-order valence-corrected chi connectivity index (χ0v) is 8.34. The van der Waals surface area contributed by atoms with Crippen LogP contribution in [0.4, 0.5) is 10.5 Å². The van der Waals surface area contributed by atoms with Crippen LogP contribution in [0, 0.1) is 0 Å². The molecule has 0 aliphatic rings. The van der Waals surface area contributed by atoms with Crippen LogP contribution in [0.5, 0.6) is 0 Å². The number of pyridine rings is 1. The first kappa shape index (κ1) is 9.79. The quantitative estimate of drug-likeness (QED) is 0.735. The summed E-state index contributed by atoms with van der Waals surface area (Å²) in [6.45, 7) is 0. The van der Waals surface area contributed by atoms with Crippen molar-refractivity contribution in [1.29, 1.82) is 0 Å². The summed E-state index contributed by atoms with van der Waals surface area (Å²) in [5.41, 5.74) is -0.147. The second-order valence-electron chi connectivity index (χ2n) is 2.18. The topological polar surface area (TPSA) is 71.2 Å². The van der Waals surface area contributed by atoms with Crippen LogP contribution in [0.25, 0.3) is 0 Å². The Balaban J connectivity index is 2.90. The van der Waals surface area contributed by atoms with Crippen molar-refractivity contribution >= 4 is 27.7 Å². The molecule has 1 heterocycles. The van der Waals surface area contributed by atoms with E-state index in [4.69, 9.17) is 0 Å². The summed E-state index contributed by atoms with van der Waals surface area (Å²) < 4.78 is 4.87. The average molecular weight is 247 g/mol. The van der Waals surface area contributed by atoms with Gasteiger partial charge in [0.2, 0.25) is 5.43 Å². The Morgan fingerprint density at radius 1 is 1.69 bits per heavy atom. The molecule has 1 rings (SSSR count). The maximum Gasteiger partial charge on any atom is 0.411 e. The van der Waals surface area contributed by atoms with Crippen LogP contribution in [0.15, 0.2) is 21.7 Å². The number of aromatic amines is 1. The normalized spacial score (nSPS) is 9.38. The van der Waals surface area contributed by atoms with Gasteiger partial charge in [0.25, 0.3) is 0 Å². The van der Waals surface area contributed by atoms with E-state index < -0.39 is 6.09 Å². The number of hydrogen-bond donors (Lipinski definition) is 2. The van der Waals surface area contributed by atoms with Gasteiger partial charge >= 0.3 is 6.09 Å². The first-order chi connectivity index (χ1) is 6.13. The minimum absolute atomic E-state index is 0.148. The van der Waals surface area contributed by atoms with E-state index in [-0.39, 0.29) is 11.1 Å². The third kappa shape index (κ3) is 2.59. The molecule has 0 saturated carbocycles. The van der Waals surface area contributed by atoms with Crippen LogP contribution in [0.2, 0.25) is 0 Å². The fraction of sp³-hybridized carbons (Fsp3) is 0.143. The number of amides is 1. The van der Waals surface area contributed by atoms with Gasteiger partial charge in [0.1, 0.15) is 5.69 Å². The van der Waals surface area contributed by atoms with Crippen LogP contribution < -0.4 is 10.7 Å². The van der Waals surface area contributed by atoms with Crippen molar-refractivity contribution in [2.24, 2.45) is 0 Å². The molecule has 0 spiro atoms. The highest BCUT2D eigenvalue weighted by Crippen LogP contribution is 2.04.